The molecule has 1 aromatic carbocycles. The summed E-state index contributed by atoms with van der Waals surface area (Å²) >= 11 is 0. The van der Waals surface area contributed by atoms with Gasteiger partial charge in [0, 0.05) is 18.8 Å². The van der Waals surface area contributed by atoms with Crippen LogP contribution in [0, 0.1) is 5.92 Å². The molecule has 3 nitrogen and oxygen atoms in total. The first-order valence-corrected chi connectivity index (χ1v) is 8.38. The number of benzene rings is 1. The number of hydrogen-bond donors (Lipinski definition) is 0. The van der Waals surface area contributed by atoms with Crippen LogP contribution in [0.5, 0.6) is 0 Å². The molecule has 3 saturated heterocycles. The standard InChI is InChI=1S/C18H24N3/c1(10-21-11-5-15(6-12-21)7-13-21)2-16-3-4-17-18(14-16)20-9-8-19-17/h3-4,8-9,14-15H,1-2,5-7,10-13H2/q+1. The number of piperidine rings is 3. The van der Waals surface area contributed by atoms with E-state index in [0.29, 0.717) is 0 Å². The average Bonchev–Trinajstić information content (AvgIpc) is 2.56. The molecule has 0 atom stereocenters. The van der Waals surface area contributed by atoms with Gasteiger partial charge < -0.3 is 4.48 Å². The summed E-state index contributed by atoms with van der Waals surface area (Å²) in [6, 6.07) is 6.54. The molecule has 21 heavy (non-hydrogen) atoms. The number of rotatable bonds is 4. The van der Waals surface area contributed by atoms with Gasteiger partial charge in [-0.1, -0.05) is 6.07 Å². The number of fused-ring (bicyclic) bond motifs is 4. The highest BCUT2D eigenvalue weighted by Crippen LogP contribution is 2.33. The van der Waals surface area contributed by atoms with Gasteiger partial charge in [0.1, 0.15) is 0 Å². The van der Waals surface area contributed by atoms with Gasteiger partial charge in [-0.3, -0.25) is 9.97 Å². The third-order valence-electron chi connectivity index (χ3n) is 5.67. The number of aryl methyl sites for hydroxylation is 1. The molecular weight excluding hydrogens is 258 g/mol. The minimum Gasteiger partial charge on any atom is -0.324 e. The lowest BCUT2D eigenvalue weighted by atomic mass is 9.85. The third kappa shape index (κ3) is 2.67. The second-order valence-electron chi connectivity index (χ2n) is 6.95. The quantitative estimate of drug-likeness (QED) is 0.805. The average molecular weight is 282 g/mol. The Morgan fingerprint density at radius 3 is 2.43 bits per heavy atom. The SMILES string of the molecule is c1cnc2cc(CCC[N+]34CCC(CC3)CC4)ccc2n1. The van der Waals surface area contributed by atoms with Crippen molar-refractivity contribution in [2.45, 2.75) is 32.1 Å². The summed E-state index contributed by atoms with van der Waals surface area (Å²) in [5.41, 5.74) is 3.44. The summed E-state index contributed by atoms with van der Waals surface area (Å²) in [4.78, 5) is 8.75. The summed E-state index contributed by atoms with van der Waals surface area (Å²) in [6.07, 6.45) is 10.5. The zero-order valence-corrected chi connectivity index (χ0v) is 12.7. The third-order valence-corrected chi connectivity index (χ3v) is 5.67. The maximum Gasteiger partial charge on any atom is 0.0889 e. The summed E-state index contributed by atoms with van der Waals surface area (Å²) in [5, 5.41) is 0. The van der Waals surface area contributed by atoms with Crippen LogP contribution in [-0.4, -0.2) is 40.6 Å². The fourth-order valence-corrected chi connectivity index (χ4v) is 4.26. The first-order chi connectivity index (χ1) is 10.3. The molecule has 3 aliphatic rings. The van der Waals surface area contributed by atoms with Crippen LogP contribution in [0.15, 0.2) is 30.6 Å². The molecule has 3 fully saturated rings. The fraction of sp³-hybridized carbons (Fsp3) is 0.556. The second kappa shape index (κ2) is 5.38. The molecule has 0 aliphatic carbocycles. The summed E-state index contributed by atoms with van der Waals surface area (Å²) in [6.45, 7) is 5.68. The minimum absolute atomic E-state index is 1.00. The highest BCUT2D eigenvalue weighted by molar-refractivity contribution is 5.74. The van der Waals surface area contributed by atoms with Crippen LogP contribution < -0.4 is 0 Å². The summed E-state index contributed by atoms with van der Waals surface area (Å²) < 4.78 is 1.41. The van der Waals surface area contributed by atoms with Crippen molar-refractivity contribution < 1.29 is 4.48 Å². The molecule has 0 radical (unpaired) electrons. The van der Waals surface area contributed by atoms with Crippen LogP contribution in [0.2, 0.25) is 0 Å². The van der Waals surface area contributed by atoms with E-state index in [0.717, 1.165) is 17.0 Å². The molecule has 4 heterocycles. The maximum atomic E-state index is 4.41. The topological polar surface area (TPSA) is 25.8 Å². The van der Waals surface area contributed by atoms with Crippen molar-refractivity contribution in [2.75, 3.05) is 26.2 Å². The largest absolute Gasteiger partial charge is 0.324 e. The summed E-state index contributed by atoms with van der Waals surface area (Å²) in [5.74, 6) is 1.06. The van der Waals surface area contributed by atoms with E-state index in [2.05, 4.69) is 28.2 Å². The van der Waals surface area contributed by atoms with E-state index < -0.39 is 0 Å². The smallest absolute Gasteiger partial charge is 0.0889 e. The van der Waals surface area contributed by atoms with Gasteiger partial charge in [0.05, 0.1) is 37.2 Å². The molecule has 2 aromatic rings. The van der Waals surface area contributed by atoms with Crippen LogP contribution in [0.1, 0.15) is 31.2 Å². The van der Waals surface area contributed by atoms with Crippen molar-refractivity contribution in [1.82, 2.24) is 9.97 Å². The van der Waals surface area contributed by atoms with Crippen molar-refractivity contribution >= 4 is 11.0 Å². The van der Waals surface area contributed by atoms with Gasteiger partial charge in [0.25, 0.3) is 0 Å². The second-order valence-corrected chi connectivity index (χ2v) is 6.95. The van der Waals surface area contributed by atoms with Crippen molar-refractivity contribution in [3.63, 3.8) is 0 Å². The van der Waals surface area contributed by atoms with Crippen LogP contribution in [-0.2, 0) is 6.42 Å². The molecule has 5 rings (SSSR count). The van der Waals surface area contributed by atoms with Crippen molar-refractivity contribution in [2.24, 2.45) is 5.92 Å². The molecule has 1 aromatic heterocycles. The Morgan fingerprint density at radius 1 is 0.952 bits per heavy atom. The van der Waals surface area contributed by atoms with Crippen LogP contribution in [0.25, 0.3) is 11.0 Å². The van der Waals surface area contributed by atoms with Gasteiger partial charge >= 0.3 is 0 Å². The van der Waals surface area contributed by atoms with Crippen LogP contribution in [0.3, 0.4) is 0 Å². The predicted octanol–water partition coefficient (Wildman–Crippen LogP) is 3.19. The van der Waals surface area contributed by atoms with E-state index >= 15 is 0 Å². The maximum absolute atomic E-state index is 4.41. The Balaban J connectivity index is 1.39. The van der Waals surface area contributed by atoms with Crippen molar-refractivity contribution in [3.8, 4) is 0 Å². The first-order valence-electron chi connectivity index (χ1n) is 8.38. The van der Waals surface area contributed by atoms with E-state index in [4.69, 9.17) is 0 Å². The number of hydrogen-bond acceptors (Lipinski definition) is 2. The van der Waals surface area contributed by atoms with Gasteiger partial charge in [-0.05, 0) is 49.3 Å². The van der Waals surface area contributed by atoms with E-state index in [9.17, 15) is 0 Å². The van der Waals surface area contributed by atoms with Crippen molar-refractivity contribution in [3.05, 3.63) is 36.2 Å². The molecular formula is C18H24N3+. The number of aromatic nitrogens is 2. The Bertz CT molecular complexity index is 615. The highest BCUT2D eigenvalue weighted by atomic mass is 15.4. The van der Waals surface area contributed by atoms with Crippen molar-refractivity contribution in [1.29, 1.82) is 0 Å². The molecule has 3 heteroatoms. The molecule has 110 valence electrons. The zero-order valence-electron chi connectivity index (χ0n) is 12.7. The van der Waals surface area contributed by atoms with Crippen LogP contribution in [0.4, 0.5) is 0 Å². The van der Waals surface area contributed by atoms with Gasteiger partial charge in [-0.15, -0.1) is 0 Å². The molecule has 0 N–H and O–H groups in total. The molecule has 2 bridgehead atoms. The van der Waals surface area contributed by atoms with Gasteiger partial charge in [-0.25, -0.2) is 0 Å². The first kappa shape index (κ1) is 13.2. The van der Waals surface area contributed by atoms with Crippen LogP contribution >= 0.6 is 0 Å². The van der Waals surface area contributed by atoms with Gasteiger partial charge in [-0.2, -0.15) is 0 Å². The van der Waals surface area contributed by atoms with Gasteiger partial charge in [0.2, 0.25) is 0 Å². The normalized spacial score (nSPS) is 28.1. The summed E-state index contributed by atoms with van der Waals surface area (Å²) in [7, 11) is 0. The van der Waals surface area contributed by atoms with E-state index in [1.54, 1.807) is 12.4 Å². The lowest BCUT2D eigenvalue weighted by Crippen LogP contribution is -2.58. The molecule has 0 amide bonds. The molecule has 0 saturated carbocycles. The Hall–Kier alpha value is -1.48. The molecule has 0 spiro atoms. The lowest BCUT2D eigenvalue weighted by molar-refractivity contribution is -0.942. The monoisotopic (exact) mass is 282 g/mol. The van der Waals surface area contributed by atoms with Gasteiger partial charge in [0.15, 0.2) is 0 Å². The Morgan fingerprint density at radius 2 is 1.67 bits per heavy atom. The Labute approximate surface area is 126 Å². The minimum atomic E-state index is 1.00. The number of quaternary nitrogens is 1. The van der Waals surface area contributed by atoms with E-state index in [1.807, 2.05) is 0 Å². The lowest BCUT2D eigenvalue weighted by Gasteiger charge is -2.49. The molecule has 0 unspecified atom stereocenters. The van der Waals surface area contributed by atoms with E-state index in [1.165, 1.54) is 68.3 Å². The van der Waals surface area contributed by atoms with E-state index in [-0.39, 0.29) is 0 Å². The zero-order chi connectivity index (χ0) is 14.1. The number of nitrogens with zero attached hydrogens (tertiary/aromatic N) is 3. The Kier molecular flexibility index (Phi) is 3.38. The molecule has 3 aliphatic heterocycles. The highest BCUT2D eigenvalue weighted by Gasteiger charge is 2.38. The fourth-order valence-electron chi connectivity index (χ4n) is 4.26. The predicted molar refractivity (Wildman–Crippen MR) is 84.9 cm³/mol.